The molecule has 0 unspecified atom stereocenters. The molecule has 18 heavy (non-hydrogen) atoms. The van der Waals surface area contributed by atoms with Gasteiger partial charge in [-0.05, 0) is 12.1 Å². The second-order valence-corrected chi connectivity index (χ2v) is 3.54. The summed E-state index contributed by atoms with van der Waals surface area (Å²) in [6.07, 6.45) is 2.43. The molecule has 2 aromatic rings. The number of hydrogen-bond donors (Lipinski definition) is 1. The van der Waals surface area contributed by atoms with Crippen molar-refractivity contribution >= 4 is 11.6 Å². The fourth-order valence-corrected chi connectivity index (χ4v) is 1.34. The van der Waals surface area contributed by atoms with Gasteiger partial charge in [-0.2, -0.15) is 0 Å². The number of hydrogen-bond acceptors (Lipinski definition) is 3. The first kappa shape index (κ1) is 12.0. The number of anilines is 1. The highest BCUT2D eigenvalue weighted by Crippen LogP contribution is 2.09. The molecule has 92 valence electrons. The number of ether oxygens (including phenoxy) is 1. The maximum Gasteiger partial charge on any atom is 0.262 e. The van der Waals surface area contributed by atoms with E-state index in [2.05, 4.69) is 10.3 Å². The van der Waals surface area contributed by atoms with Crippen molar-refractivity contribution < 1.29 is 13.9 Å². The van der Waals surface area contributed by atoms with Gasteiger partial charge in [0.1, 0.15) is 11.6 Å². The van der Waals surface area contributed by atoms with Gasteiger partial charge >= 0.3 is 0 Å². The van der Waals surface area contributed by atoms with E-state index in [1.165, 1.54) is 12.3 Å². The van der Waals surface area contributed by atoms with E-state index in [0.717, 1.165) is 6.20 Å². The van der Waals surface area contributed by atoms with Crippen LogP contribution in [0, 0.1) is 5.82 Å². The zero-order valence-corrected chi connectivity index (χ0v) is 9.47. The van der Waals surface area contributed by atoms with Gasteiger partial charge in [-0.3, -0.25) is 9.78 Å². The molecule has 1 N–H and O–H groups in total. The summed E-state index contributed by atoms with van der Waals surface area (Å²) in [6, 6.07) is 10.2. The van der Waals surface area contributed by atoms with Crippen LogP contribution in [0.3, 0.4) is 0 Å². The quantitative estimate of drug-likeness (QED) is 0.900. The third-order valence-corrected chi connectivity index (χ3v) is 2.10. The van der Waals surface area contributed by atoms with E-state index in [0.29, 0.717) is 11.4 Å². The summed E-state index contributed by atoms with van der Waals surface area (Å²) in [5.74, 6) is -0.270. The highest BCUT2D eigenvalue weighted by atomic mass is 19.1. The number of nitrogens with zero attached hydrogens (tertiary/aromatic N) is 1. The maximum absolute atomic E-state index is 12.8. The van der Waals surface area contributed by atoms with E-state index in [1.54, 1.807) is 12.1 Å². The van der Waals surface area contributed by atoms with Gasteiger partial charge in [0.15, 0.2) is 6.61 Å². The summed E-state index contributed by atoms with van der Waals surface area (Å²) in [5, 5.41) is 2.49. The lowest BCUT2D eigenvalue weighted by atomic mass is 10.3. The van der Waals surface area contributed by atoms with E-state index < -0.39 is 5.82 Å². The van der Waals surface area contributed by atoms with Gasteiger partial charge in [-0.15, -0.1) is 0 Å². The van der Waals surface area contributed by atoms with Crippen LogP contribution in [0.2, 0.25) is 0 Å². The van der Waals surface area contributed by atoms with Crippen molar-refractivity contribution in [2.45, 2.75) is 0 Å². The molecule has 0 spiro atoms. The number of aromatic nitrogens is 1. The third-order valence-electron chi connectivity index (χ3n) is 2.10. The highest BCUT2D eigenvalue weighted by molar-refractivity contribution is 5.91. The monoisotopic (exact) mass is 246 g/mol. The highest BCUT2D eigenvalue weighted by Gasteiger charge is 2.04. The molecule has 0 saturated carbocycles. The summed E-state index contributed by atoms with van der Waals surface area (Å²) in [7, 11) is 0. The molecule has 0 aliphatic heterocycles. The minimum atomic E-state index is -0.503. The van der Waals surface area contributed by atoms with Gasteiger partial charge in [0.05, 0.1) is 18.1 Å². The van der Waals surface area contributed by atoms with Crippen LogP contribution in [0.4, 0.5) is 10.1 Å². The Bertz CT molecular complexity index is 532. The Kier molecular flexibility index (Phi) is 3.86. The average molecular weight is 246 g/mol. The van der Waals surface area contributed by atoms with Crippen molar-refractivity contribution in [1.82, 2.24) is 4.98 Å². The number of amides is 1. The number of rotatable bonds is 4. The zero-order valence-electron chi connectivity index (χ0n) is 9.47. The molecule has 0 fully saturated rings. The largest absolute Gasteiger partial charge is 0.484 e. The smallest absolute Gasteiger partial charge is 0.262 e. The SMILES string of the molecule is O=C(COc1ccccc1)Nc1cncc(F)c1. The van der Waals surface area contributed by atoms with Crippen molar-refractivity contribution in [3.05, 3.63) is 54.6 Å². The van der Waals surface area contributed by atoms with E-state index in [4.69, 9.17) is 4.74 Å². The standard InChI is InChI=1S/C13H11FN2O2/c14-10-6-11(8-15-7-10)16-13(17)9-18-12-4-2-1-3-5-12/h1-8H,9H2,(H,16,17). The first-order chi connectivity index (χ1) is 8.74. The molecule has 5 heteroatoms. The van der Waals surface area contributed by atoms with Crippen LogP contribution in [0.5, 0.6) is 5.75 Å². The van der Waals surface area contributed by atoms with Gasteiger partial charge < -0.3 is 10.1 Å². The van der Waals surface area contributed by atoms with Crippen LogP contribution in [0.1, 0.15) is 0 Å². The Morgan fingerprint density at radius 1 is 1.28 bits per heavy atom. The summed E-state index contributed by atoms with van der Waals surface area (Å²) in [6.45, 7) is -0.138. The van der Waals surface area contributed by atoms with Gasteiger partial charge in [-0.25, -0.2) is 4.39 Å². The van der Waals surface area contributed by atoms with Gasteiger partial charge in [0.2, 0.25) is 0 Å². The van der Waals surface area contributed by atoms with E-state index in [-0.39, 0.29) is 12.5 Å². The van der Waals surface area contributed by atoms with Gasteiger partial charge in [-0.1, -0.05) is 18.2 Å². The molecule has 2 rings (SSSR count). The fraction of sp³-hybridized carbons (Fsp3) is 0.0769. The summed E-state index contributed by atoms with van der Waals surface area (Å²) >= 11 is 0. The lowest BCUT2D eigenvalue weighted by molar-refractivity contribution is -0.118. The number of benzene rings is 1. The topological polar surface area (TPSA) is 51.2 Å². The van der Waals surface area contributed by atoms with Crippen molar-refractivity contribution in [2.75, 3.05) is 11.9 Å². The van der Waals surface area contributed by atoms with Crippen LogP contribution in [-0.4, -0.2) is 17.5 Å². The lowest BCUT2D eigenvalue weighted by Gasteiger charge is -2.06. The van der Waals surface area contributed by atoms with Crippen LogP contribution >= 0.6 is 0 Å². The zero-order chi connectivity index (χ0) is 12.8. The van der Waals surface area contributed by atoms with E-state index >= 15 is 0 Å². The lowest BCUT2D eigenvalue weighted by Crippen LogP contribution is -2.20. The Morgan fingerprint density at radius 3 is 2.78 bits per heavy atom. The average Bonchev–Trinajstić information content (AvgIpc) is 2.38. The Labute approximate surface area is 103 Å². The fourth-order valence-electron chi connectivity index (χ4n) is 1.34. The van der Waals surface area contributed by atoms with Crippen molar-refractivity contribution in [3.8, 4) is 5.75 Å². The summed E-state index contributed by atoms with van der Waals surface area (Å²) in [4.78, 5) is 15.1. The molecule has 1 amide bonds. The van der Waals surface area contributed by atoms with Crippen molar-refractivity contribution in [2.24, 2.45) is 0 Å². The molecular weight excluding hydrogens is 235 g/mol. The molecule has 0 aliphatic carbocycles. The number of carbonyl (C=O) groups is 1. The van der Waals surface area contributed by atoms with Crippen molar-refractivity contribution in [1.29, 1.82) is 0 Å². The summed E-state index contributed by atoms with van der Waals surface area (Å²) < 4.78 is 18.1. The Balaban J connectivity index is 1.86. The molecule has 0 aliphatic rings. The third kappa shape index (κ3) is 3.55. The summed E-state index contributed by atoms with van der Waals surface area (Å²) in [5.41, 5.74) is 0.302. The minimum Gasteiger partial charge on any atom is -0.484 e. The molecular formula is C13H11FN2O2. The Hall–Kier alpha value is -2.43. The molecule has 0 atom stereocenters. The van der Waals surface area contributed by atoms with Crippen molar-refractivity contribution in [3.63, 3.8) is 0 Å². The normalized spacial score (nSPS) is 9.83. The van der Waals surface area contributed by atoms with Gasteiger partial charge in [0.25, 0.3) is 5.91 Å². The van der Waals surface area contributed by atoms with Crippen LogP contribution in [0.25, 0.3) is 0 Å². The number of nitrogens with one attached hydrogen (secondary N) is 1. The second-order valence-electron chi connectivity index (χ2n) is 3.54. The van der Waals surface area contributed by atoms with E-state index in [9.17, 15) is 9.18 Å². The predicted molar refractivity (Wildman–Crippen MR) is 64.8 cm³/mol. The molecule has 0 bridgehead atoms. The first-order valence-electron chi connectivity index (χ1n) is 5.32. The van der Waals surface area contributed by atoms with E-state index in [1.807, 2.05) is 18.2 Å². The second kappa shape index (κ2) is 5.77. The number of para-hydroxylation sites is 1. The molecule has 1 heterocycles. The first-order valence-corrected chi connectivity index (χ1v) is 5.32. The molecule has 1 aromatic heterocycles. The number of carbonyl (C=O) groups excluding carboxylic acids is 1. The maximum atomic E-state index is 12.8. The molecule has 4 nitrogen and oxygen atoms in total. The van der Waals surface area contributed by atoms with Crippen LogP contribution in [0.15, 0.2) is 48.8 Å². The van der Waals surface area contributed by atoms with Crippen LogP contribution < -0.4 is 10.1 Å². The Morgan fingerprint density at radius 2 is 2.06 bits per heavy atom. The minimum absolute atomic E-state index is 0.138. The number of pyridine rings is 1. The molecule has 0 radical (unpaired) electrons. The van der Waals surface area contributed by atoms with Gasteiger partial charge in [0, 0.05) is 6.07 Å². The predicted octanol–water partition coefficient (Wildman–Crippen LogP) is 2.24. The number of halogens is 1. The van der Waals surface area contributed by atoms with Crippen LogP contribution in [-0.2, 0) is 4.79 Å². The molecule has 0 saturated heterocycles. The molecule has 1 aromatic carbocycles.